The molecule has 0 bridgehead atoms. The molecule has 3 aromatic carbocycles. The van der Waals surface area contributed by atoms with Crippen LogP contribution in [0, 0.1) is 0 Å². The molecule has 3 aromatic rings. The number of hydrogen-bond acceptors (Lipinski definition) is 6. The summed E-state index contributed by atoms with van der Waals surface area (Å²) in [5.41, 5.74) is 0.397. The Labute approximate surface area is 227 Å². The Balaban J connectivity index is 1.65. The lowest BCUT2D eigenvalue weighted by Gasteiger charge is -2.34. The van der Waals surface area contributed by atoms with Crippen molar-refractivity contribution in [2.75, 3.05) is 11.1 Å². The van der Waals surface area contributed by atoms with Gasteiger partial charge in [-0.15, -0.1) is 0 Å². The number of hydrogen-bond donors (Lipinski definition) is 4. The van der Waals surface area contributed by atoms with Gasteiger partial charge in [0.05, 0.1) is 0 Å². The first-order valence-electron chi connectivity index (χ1n) is 12.6. The fourth-order valence-corrected chi connectivity index (χ4v) is 4.51. The van der Waals surface area contributed by atoms with E-state index in [2.05, 4.69) is 23.3 Å². The fourth-order valence-electron chi connectivity index (χ4n) is 4.26. The number of aromatic hydroxyl groups is 1. The average molecular weight is 536 g/mol. The maximum absolute atomic E-state index is 13.8. The molecule has 0 radical (unpaired) electrons. The highest BCUT2D eigenvalue weighted by molar-refractivity contribution is 7.80. The summed E-state index contributed by atoms with van der Waals surface area (Å²) < 4.78 is 5.33. The van der Waals surface area contributed by atoms with Crippen LogP contribution in [0.3, 0.4) is 0 Å². The van der Waals surface area contributed by atoms with E-state index in [0.717, 1.165) is 23.6 Å². The fraction of sp³-hybridized carbons (Fsp3) is 0.345. The molecule has 1 fully saturated rings. The summed E-state index contributed by atoms with van der Waals surface area (Å²) in [6.07, 6.45) is 0.729. The molecule has 1 saturated carbocycles. The van der Waals surface area contributed by atoms with Crippen LogP contribution in [-0.4, -0.2) is 51.4 Å². The van der Waals surface area contributed by atoms with E-state index in [4.69, 9.17) is 4.74 Å². The van der Waals surface area contributed by atoms with Crippen LogP contribution >= 0.6 is 12.6 Å². The molecule has 1 aliphatic rings. The van der Waals surface area contributed by atoms with Crippen LogP contribution in [-0.2, 0) is 14.3 Å². The van der Waals surface area contributed by atoms with Crippen LogP contribution in [0.5, 0.6) is 5.75 Å². The van der Waals surface area contributed by atoms with Crippen molar-refractivity contribution in [2.24, 2.45) is 0 Å². The number of amides is 3. The number of anilines is 1. The second-order valence-corrected chi connectivity index (χ2v) is 10.8. The molecular weight excluding hydrogens is 502 g/mol. The Hall–Kier alpha value is -3.72. The SMILES string of the molecule is CC(C)(C)OC(=O)NC(CS)C(=O)N(C1CC1)C(C(=O)Nc1ccc2ccccc2c1)c1ccc(O)cc1. The minimum absolute atomic E-state index is 0.0237. The number of ether oxygens (including phenoxy) is 1. The quantitative estimate of drug-likeness (QED) is 0.302. The molecule has 0 heterocycles. The van der Waals surface area contributed by atoms with Crippen molar-refractivity contribution in [3.8, 4) is 5.75 Å². The van der Waals surface area contributed by atoms with Crippen molar-refractivity contribution >= 4 is 47.0 Å². The Morgan fingerprint density at radius 2 is 1.68 bits per heavy atom. The predicted molar refractivity (Wildman–Crippen MR) is 150 cm³/mol. The molecule has 2 unspecified atom stereocenters. The number of carbonyl (C=O) groups excluding carboxylic acids is 3. The first-order chi connectivity index (χ1) is 18.1. The number of rotatable bonds is 8. The number of nitrogens with one attached hydrogen (secondary N) is 2. The molecule has 3 amide bonds. The van der Waals surface area contributed by atoms with E-state index < -0.39 is 35.6 Å². The van der Waals surface area contributed by atoms with Gasteiger partial charge in [0.25, 0.3) is 5.91 Å². The van der Waals surface area contributed by atoms with E-state index in [1.165, 1.54) is 17.0 Å². The molecule has 0 aliphatic heterocycles. The van der Waals surface area contributed by atoms with Gasteiger partial charge in [-0.05, 0) is 74.2 Å². The van der Waals surface area contributed by atoms with Gasteiger partial charge in [-0.1, -0.05) is 42.5 Å². The summed E-state index contributed by atoms with van der Waals surface area (Å²) in [6.45, 7) is 5.20. The maximum atomic E-state index is 13.8. The van der Waals surface area contributed by atoms with Gasteiger partial charge in [-0.25, -0.2) is 4.79 Å². The zero-order chi connectivity index (χ0) is 27.4. The van der Waals surface area contributed by atoms with Crippen LogP contribution in [0.25, 0.3) is 10.8 Å². The highest BCUT2D eigenvalue weighted by atomic mass is 32.1. The summed E-state index contributed by atoms with van der Waals surface area (Å²) in [5, 5.41) is 17.4. The summed E-state index contributed by atoms with van der Waals surface area (Å²) in [5.74, 6) is -0.761. The second kappa shape index (κ2) is 11.3. The van der Waals surface area contributed by atoms with Gasteiger partial charge >= 0.3 is 6.09 Å². The van der Waals surface area contributed by atoms with Crippen LogP contribution in [0.4, 0.5) is 10.5 Å². The van der Waals surface area contributed by atoms with Crippen molar-refractivity contribution in [2.45, 2.75) is 57.3 Å². The first kappa shape index (κ1) is 27.3. The second-order valence-electron chi connectivity index (χ2n) is 10.4. The van der Waals surface area contributed by atoms with E-state index in [0.29, 0.717) is 11.3 Å². The maximum Gasteiger partial charge on any atom is 0.408 e. The van der Waals surface area contributed by atoms with Gasteiger partial charge in [0, 0.05) is 17.5 Å². The van der Waals surface area contributed by atoms with Crippen molar-refractivity contribution in [1.29, 1.82) is 0 Å². The Morgan fingerprint density at radius 1 is 1.03 bits per heavy atom. The van der Waals surface area contributed by atoms with Gasteiger partial charge < -0.3 is 25.4 Å². The van der Waals surface area contributed by atoms with E-state index in [1.807, 2.05) is 42.5 Å². The minimum Gasteiger partial charge on any atom is -0.508 e. The molecule has 0 spiro atoms. The normalized spacial score (nSPS) is 14.8. The molecular formula is C29H33N3O5S. The summed E-state index contributed by atoms with van der Waals surface area (Å²) in [4.78, 5) is 41.7. The van der Waals surface area contributed by atoms with Crippen LogP contribution in [0.15, 0.2) is 66.7 Å². The molecule has 9 heteroatoms. The zero-order valence-electron chi connectivity index (χ0n) is 21.7. The molecule has 2 atom stereocenters. The minimum atomic E-state index is -0.998. The lowest BCUT2D eigenvalue weighted by molar-refractivity contribution is -0.141. The Bertz CT molecular complexity index is 1320. The average Bonchev–Trinajstić information content (AvgIpc) is 3.70. The Kier molecular flexibility index (Phi) is 8.16. The van der Waals surface area contributed by atoms with E-state index in [9.17, 15) is 19.5 Å². The van der Waals surface area contributed by atoms with Crippen molar-refractivity contribution in [3.63, 3.8) is 0 Å². The molecule has 38 heavy (non-hydrogen) atoms. The molecule has 0 aromatic heterocycles. The largest absolute Gasteiger partial charge is 0.508 e. The number of fused-ring (bicyclic) bond motifs is 1. The standard InChI is InChI=1S/C29H33N3O5S/c1-29(2,3)37-28(36)31-24(17-38)27(35)32(22-12-13-22)25(19-9-14-23(33)15-10-19)26(34)30-21-11-8-18-6-4-5-7-20(18)16-21/h4-11,14-16,22,24-25,33,38H,12-13,17H2,1-3H3,(H,30,34)(H,31,36). The van der Waals surface area contributed by atoms with Crippen molar-refractivity contribution < 1.29 is 24.2 Å². The van der Waals surface area contributed by atoms with Crippen LogP contribution in [0.1, 0.15) is 45.2 Å². The molecule has 3 N–H and O–H groups in total. The van der Waals surface area contributed by atoms with Gasteiger partial charge in [-0.3, -0.25) is 9.59 Å². The van der Waals surface area contributed by atoms with Gasteiger partial charge in [0.1, 0.15) is 23.4 Å². The summed E-state index contributed by atoms with van der Waals surface area (Å²) >= 11 is 4.31. The van der Waals surface area contributed by atoms with E-state index in [-0.39, 0.29) is 17.5 Å². The smallest absolute Gasteiger partial charge is 0.408 e. The number of benzene rings is 3. The third kappa shape index (κ3) is 6.77. The number of phenols is 1. The number of thiol groups is 1. The topological polar surface area (TPSA) is 108 Å². The van der Waals surface area contributed by atoms with E-state index >= 15 is 0 Å². The number of alkyl carbamates (subject to hydrolysis) is 1. The number of carbonyl (C=O) groups is 3. The summed E-state index contributed by atoms with van der Waals surface area (Å²) in [7, 11) is 0. The van der Waals surface area contributed by atoms with Gasteiger partial charge in [0.15, 0.2) is 0 Å². The van der Waals surface area contributed by atoms with Crippen LogP contribution < -0.4 is 10.6 Å². The highest BCUT2D eigenvalue weighted by Crippen LogP contribution is 2.36. The molecule has 1 aliphatic carbocycles. The van der Waals surface area contributed by atoms with Crippen LogP contribution in [0.2, 0.25) is 0 Å². The molecule has 0 saturated heterocycles. The number of nitrogens with zero attached hydrogens (tertiary/aromatic N) is 1. The van der Waals surface area contributed by atoms with Gasteiger partial charge in [0.2, 0.25) is 5.91 Å². The van der Waals surface area contributed by atoms with E-state index in [1.54, 1.807) is 32.9 Å². The van der Waals surface area contributed by atoms with Crippen molar-refractivity contribution in [3.05, 3.63) is 72.3 Å². The summed E-state index contributed by atoms with van der Waals surface area (Å²) in [6, 6.07) is 17.5. The van der Waals surface area contributed by atoms with Crippen molar-refractivity contribution in [1.82, 2.24) is 10.2 Å². The lowest BCUT2D eigenvalue weighted by Crippen LogP contribution is -2.54. The zero-order valence-corrected chi connectivity index (χ0v) is 22.6. The molecule has 200 valence electrons. The third-order valence-electron chi connectivity index (χ3n) is 6.12. The van der Waals surface area contributed by atoms with Gasteiger partial charge in [-0.2, -0.15) is 12.6 Å². The molecule has 4 rings (SSSR count). The highest BCUT2D eigenvalue weighted by Gasteiger charge is 2.44. The predicted octanol–water partition coefficient (Wildman–Crippen LogP) is 5.04. The first-order valence-corrected chi connectivity index (χ1v) is 13.2. The third-order valence-corrected chi connectivity index (χ3v) is 6.48. The lowest BCUT2D eigenvalue weighted by atomic mass is 10.0. The molecule has 8 nitrogen and oxygen atoms in total. The monoisotopic (exact) mass is 535 g/mol. The number of phenolic OH excluding ortho intramolecular Hbond substituents is 1. The Morgan fingerprint density at radius 3 is 2.29 bits per heavy atom.